The highest BCUT2D eigenvalue weighted by atomic mass is 31.1. The van der Waals surface area contributed by atoms with Gasteiger partial charge in [-0.1, -0.05) is 93.2 Å². The summed E-state index contributed by atoms with van der Waals surface area (Å²) in [5, 5.41) is 2.72. The molecule has 0 aliphatic heterocycles. The predicted molar refractivity (Wildman–Crippen MR) is 122 cm³/mol. The van der Waals surface area contributed by atoms with E-state index < -0.39 is 0 Å². The van der Waals surface area contributed by atoms with Crippen LogP contribution in [0.3, 0.4) is 0 Å². The Balaban J connectivity index is 2.00. The van der Waals surface area contributed by atoms with Crippen LogP contribution in [0.2, 0.25) is 0 Å². The lowest BCUT2D eigenvalue weighted by atomic mass is 9.99. The summed E-state index contributed by atoms with van der Waals surface area (Å²) in [7, 11) is 1.21. The molecule has 3 heteroatoms. The van der Waals surface area contributed by atoms with Crippen molar-refractivity contribution in [1.82, 2.24) is 0 Å². The van der Waals surface area contributed by atoms with E-state index in [-0.39, 0.29) is 0 Å². The summed E-state index contributed by atoms with van der Waals surface area (Å²) >= 11 is 0. The van der Waals surface area contributed by atoms with Crippen molar-refractivity contribution in [2.45, 2.75) is 19.8 Å². The van der Waals surface area contributed by atoms with Crippen molar-refractivity contribution in [3.05, 3.63) is 96.6 Å². The lowest BCUT2D eigenvalue weighted by Gasteiger charge is -2.28. The molecular weight excluding hydrogens is 352 g/mol. The molecule has 0 bridgehead atoms. The second-order valence-electron chi connectivity index (χ2n) is 6.47. The summed E-state index contributed by atoms with van der Waals surface area (Å²) in [5.74, 6) is 0.466. The van der Waals surface area contributed by atoms with E-state index in [1.807, 2.05) is 6.08 Å². The lowest BCUT2D eigenvalue weighted by molar-refractivity contribution is 0.868. The summed E-state index contributed by atoms with van der Waals surface area (Å²) in [6.07, 6.45) is 1.93. The van der Waals surface area contributed by atoms with Gasteiger partial charge in [0.25, 0.3) is 0 Å². The van der Waals surface area contributed by atoms with Crippen molar-refractivity contribution in [3.8, 4) is 0 Å². The maximum Gasteiger partial charge on any atom is 0.0470 e. The Morgan fingerprint density at radius 1 is 0.808 bits per heavy atom. The van der Waals surface area contributed by atoms with Crippen molar-refractivity contribution in [2.24, 2.45) is 0 Å². The molecule has 3 aromatic carbocycles. The number of benzene rings is 3. The first-order valence-electron chi connectivity index (χ1n) is 8.87. The van der Waals surface area contributed by atoms with Crippen LogP contribution in [0.5, 0.6) is 0 Å². The Hall–Kier alpha value is -1.94. The first kappa shape index (κ1) is 18.8. The molecule has 0 aliphatic carbocycles. The van der Waals surface area contributed by atoms with Gasteiger partial charge >= 0.3 is 0 Å². The van der Waals surface area contributed by atoms with Gasteiger partial charge in [-0.05, 0) is 39.8 Å². The fourth-order valence-electron chi connectivity index (χ4n) is 2.80. The van der Waals surface area contributed by atoms with Crippen LogP contribution in [0.15, 0.2) is 85.4 Å². The van der Waals surface area contributed by atoms with E-state index in [0.29, 0.717) is 23.4 Å². The summed E-state index contributed by atoms with van der Waals surface area (Å²) < 4.78 is 2.53. The van der Waals surface area contributed by atoms with Crippen LogP contribution in [0.4, 0.5) is 5.69 Å². The molecule has 0 aromatic heterocycles. The van der Waals surface area contributed by atoms with Gasteiger partial charge in [-0.3, -0.25) is 0 Å². The maximum atomic E-state index is 3.93. The summed E-state index contributed by atoms with van der Waals surface area (Å²) in [6, 6.07) is 28.2. The highest BCUT2D eigenvalue weighted by Crippen LogP contribution is 2.42. The van der Waals surface area contributed by atoms with Gasteiger partial charge < -0.3 is 4.44 Å². The second kappa shape index (κ2) is 9.13. The van der Waals surface area contributed by atoms with Gasteiger partial charge in [-0.25, -0.2) is 0 Å². The molecule has 0 spiro atoms. The van der Waals surface area contributed by atoms with Crippen LogP contribution in [0, 0.1) is 0 Å². The Kier molecular flexibility index (Phi) is 6.62. The molecule has 0 amide bonds. The number of rotatable bonds is 7. The van der Waals surface area contributed by atoms with Crippen molar-refractivity contribution >= 4 is 39.8 Å². The molecule has 0 heterocycles. The van der Waals surface area contributed by atoms with Crippen LogP contribution < -0.4 is 15.1 Å². The molecule has 1 nitrogen and oxygen atoms in total. The third kappa shape index (κ3) is 4.82. The molecule has 3 aromatic rings. The Morgan fingerprint density at radius 3 is 1.81 bits per heavy atom. The van der Waals surface area contributed by atoms with Crippen LogP contribution >= 0.6 is 17.5 Å². The van der Waals surface area contributed by atoms with Crippen LogP contribution in [-0.2, 0) is 0 Å². The van der Waals surface area contributed by atoms with Crippen molar-refractivity contribution < 1.29 is 0 Å². The average Bonchev–Trinajstić information content (AvgIpc) is 2.68. The van der Waals surface area contributed by atoms with E-state index in [4.69, 9.17) is 0 Å². The predicted octanol–water partition coefficient (Wildman–Crippen LogP) is 6.10. The third-order valence-corrected chi connectivity index (χ3v) is 6.96. The Bertz CT molecular complexity index is 803. The van der Waals surface area contributed by atoms with Crippen LogP contribution in [0.25, 0.3) is 6.08 Å². The fraction of sp³-hybridized carbons (Fsp3) is 0.130. The molecule has 132 valence electrons. The average molecular weight is 377 g/mol. The molecule has 26 heavy (non-hydrogen) atoms. The minimum atomic E-state index is 0.466. The van der Waals surface area contributed by atoms with Crippen LogP contribution in [0.1, 0.15) is 30.9 Å². The number of anilines is 1. The van der Waals surface area contributed by atoms with Gasteiger partial charge in [0, 0.05) is 23.2 Å². The standard InChI is InChI=1S/C23H25NP2/c1-4-19-15-16-23(22(17-19)18(2)3)24(25-20-11-7-5-8-12-20)26-21-13-9-6-10-14-21/h4-18,25-26H,1H2,2-3H3. The third-order valence-electron chi connectivity index (χ3n) is 4.18. The SMILES string of the molecule is C=Cc1ccc(N(Pc2ccccc2)Pc2ccccc2)c(C(C)C)c1. The highest BCUT2D eigenvalue weighted by Gasteiger charge is 2.15. The lowest BCUT2D eigenvalue weighted by Crippen LogP contribution is -2.13. The first-order valence-corrected chi connectivity index (χ1v) is 10.8. The van der Waals surface area contributed by atoms with E-state index >= 15 is 0 Å². The fourth-order valence-corrected chi connectivity index (χ4v) is 5.64. The monoisotopic (exact) mass is 377 g/mol. The van der Waals surface area contributed by atoms with Crippen LogP contribution in [-0.4, -0.2) is 0 Å². The van der Waals surface area contributed by atoms with E-state index in [0.717, 1.165) is 0 Å². The molecule has 0 saturated carbocycles. The quantitative estimate of drug-likeness (QED) is 0.450. The van der Waals surface area contributed by atoms with Gasteiger partial charge in [-0.15, -0.1) is 0 Å². The molecule has 2 unspecified atom stereocenters. The van der Waals surface area contributed by atoms with E-state index in [9.17, 15) is 0 Å². The molecule has 3 rings (SSSR count). The maximum absolute atomic E-state index is 3.93. The first-order chi connectivity index (χ1) is 12.7. The number of hydrogen-bond donors (Lipinski definition) is 0. The molecule has 0 radical (unpaired) electrons. The molecule has 0 N–H and O–H groups in total. The van der Waals surface area contributed by atoms with Crippen molar-refractivity contribution in [2.75, 3.05) is 4.44 Å². The van der Waals surface area contributed by atoms with Crippen molar-refractivity contribution in [3.63, 3.8) is 0 Å². The summed E-state index contributed by atoms with van der Waals surface area (Å²) in [6.45, 7) is 8.46. The normalized spacial score (nSPS) is 11.7. The minimum Gasteiger partial charge on any atom is -0.326 e. The smallest absolute Gasteiger partial charge is 0.0470 e. The van der Waals surface area contributed by atoms with E-state index in [1.165, 1.54) is 27.4 Å². The zero-order valence-corrected chi connectivity index (χ0v) is 17.3. The molecule has 0 saturated heterocycles. The van der Waals surface area contributed by atoms with Gasteiger partial charge in [0.05, 0.1) is 0 Å². The van der Waals surface area contributed by atoms with E-state index in [2.05, 4.69) is 104 Å². The summed E-state index contributed by atoms with van der Waals surface area (Å²) in [5.41, 5.74) is 3.90. The molecule has 0 aliphatic rings. The molecule has 0 fully saturated rings. The molecule has 2 atom stereocenters. The van der Waals surface area contributed by atoms with Gasteiger partial charge in [0.2, 0.25) is 0 Å². The largest absolute Gasteiger partial charge is 0.326 e. The van der Waals surface area contributed by atoms with Gasteiger partial charge in [0.1, 0.15) is 0 Å². The molecular formula is C23H25NP2. The Morgan fingerprint density at radius 2 is 1.35 bits per heavy atom. The van der Waals surface area contributed by atoms with Gasteiger partial charge in [-0.2, -0.15) is 0 Å². The topological polar surface area (TPSA) is 3.24 Å². The zero-order valence-electron chi connectivity index (χ0n) is 15.3. The minimum absolute atomic E-state index is 0.466. The second-order valence-corrected chi connectivity index (χ2v) is 9.41. The van der Waals surface area contributed by atoms with E-state index in [1.54, 1.807) is 0 Å². The summed E-state index contributed by atoms with van der Waals surface area (Å²) in [4.78, 5) is 0. The highest BCUT2D eigenvalue weighted by molar-refractivity contribution is 7.67. The Labute approximate surface area is 160 Å². The number of hydrogen-bond acceptors (Lipinski definition) is 1. The number of nitrogens with zero attached hydrogens (tertiary/aromatic N) is 1. The zero-order chi connectivity index (χ0) is 18.4. The van der Waals surface area contributed by atoms with Crippen molar-refractivity contribution in [1.29, 1.82) is 0 Å². The van der Waals surface area contributed by atoms with Gasteiger partial charge in [0.15, 0.2) is 0 Å².